The summed E-state index contributed by atoms with van der Waals surface area (Å²) in [4.78, 5) is 19.1. The topological polar surface area (TPSA) is 74.6 Å². The summed E-state index contributed by atoms with van der Waals surface area (Å²) in [5.74, 6) is -2.78. The van der Waals surface area contributed by atoms with E-state index in [2.05, 4.69) is 0 Å². The Kier molecular flexibility index (Phi) is 8.45. The number of carboxylic acids is 1. The minimum Gasteiger partial charge on any atom is -0.475 e. The van der Waals surface area contributed by atoms with Crippen LogP contribution < -0.4 is 0 Å². The summed E-state index contributed by atoms with van der Waals surface area (Å²) in [5, 5.41) is 15.4. The van der Waals surface area contributed by atoms with Crippen LogP contribution >= 0.6 is 0 Å². The molecule has 4 nitrogen and oxygen atoms in total. The second-order valence-corrected chi connectivity index (χ2v) is 0.886. The molecule has 0 aromatic heterocycles. The molecule has 0 rings (SSSR count). The van der Waals surface area contributed by atoms with E-state index in [0.717, 1.165) is 0 Å². The van der Waals surface area contributed by atoms with Crippen LogP contribution in [0.25, 0.3) is 0 Å². The molecule has 1 radical (unpaired) electrons. The molecule has 0 aliphatic carbocycles. The Morgan fingerprint density at radius 1 is 1.38 bits per heavy atom. The maximum absolute atomic E-state index is 9.66. The molecule has 0 heterocycles. The number of hydrogen-bond donors (Lipinski definition) is 2. The third kappa shape index (κ3) is 4.88. The van der Waals surface area contributed by atoms with Crippen molar-refractivity contribution in [2.75, 3.05) is 6.61 Å². The van der Waals surface area contributed by atoms with Crippen LogP contribution in [0.2, 0.25) is 0 Å². The summed E-state index contributed by atoms with van der Waals surface area (Å²) >= 11 is 0. The third-order valence-corrected chi connectivity index (χ3v) is 0.382. The number of rotatable bonds is 2. The van der Waals surface area contributed by atoms with Gasteiger partial charge in [-0.15, -0.1) is 0 Å². The number of Topliss-reactive ketones (excluding diaryl/α,β-unsaturated/α-hetero) is 1. The smallest absolute Gasteiger partial charge is 0.374 e. The van der Waals surface area contributed by atoms with Gasteiger partial charge in [0.1, 0.15) is 6.61 Å². The van der Waals surface area contributed by atoms with Crippen LogP contribution in [0.3, 0.4) is 0 Å². The first-order chi connectivity index (χ1) is 3.18. The van der Waals surface area contributed by atoms with E-state index < -0.39 is 18.4 Å². The number of carbonyl (C=O) groups is 2. The average molecular weight is 143 g/mol. The van der Waals surface area contributed by atoms with E-state index in [1.165, 1.54) is 0 Å². The molecule has 0 saturated heterocycles. The Morgan fingerprint density at radius 2 is 1.75 bits per heavy atom. The summed E-state index contributed by atoms with van der Waals surface area (Å²) in [5.41, 5.74) is 0. The van der Waals surface area contributed by atoms with Crippen LogP contribution in [0.1, 0.15) is 0 Å². The van der Waals surface area contributed by atoms with Gasteiger partial charge in [-0.1, -0.05) is 0 Å². The average Bonchev–Trinajstić information content (AvgIpc) is 1.65. The molecule has 0 aliphatic heterocycles. The van der Waals surface area contributed by atoms with Crippen molar-refractivity contribution >= 4 is 63.1 Å². The molecule has 0 amide bonds. The fraction of sp³-hybridized carbons (Fsp3) is 0.333. The van der Waals surface area contributed by atoms with Crippen molar-refractivity contribution < 1.29 is 19.8 Å². The van der Waals surface area contributed by atoms with Gasteiger partial charge in [-0.05, 0) is 0 Å². The quantitative estimate of drug-likeness (QED) is 0.355. The molecule has 0 spiro atoms. The zero-order valence-electron chi connectivity index (χ0n) is 4.42. The van der Waals surface area contributed by atoms with Gasteiger partial charge in [0, 0.05) is 51.4 Å². The summed E-state index contributed by atoms with van der Waals surface area (Å²) in [6, 6.07) is 0. The van der Waals surface area contributed by atoms with Gasteiger partial charge in [0.2, 0.25) is 0 Å². The van der Waals surface area contributed by atoms with Gasteiger partial charge in [-0.25, -0.2) is 4.79 Å². The summed E-state index contributed by atoms with van der Waals surface area (Å²) < 4.78 is 0. The molecule has 0 aliphatic rings. The van der Waals surface area contributed by atoms with Crippen LogP contribution in [0.5, 0.6) is 0 Å². The van der Waals surface area contributed by atoms with Crippen molar-refractivity contribution in [3.8, 4) is 0 Å². The Labute approximate surface area is 88.3 Å². The molecular formula is C3H4KO4. The molecule has 0 aromatic rings. The number of aliphatic hydroxyl groups excluding tert-OH is 1. The number of carbonyl (C=O) groups excluding carboxylic acids is 1. The van der Waals surface area contributed by atoms with E-state index >= 15 is 0 Å². The zero-order chi connectivity index (χ0) is 5.86. The van der Waals surface area contributed by atoms with Gasteiger partial charge >= 0.3 is 5.97 Å². The van der Waals surface area contributed by atoms with E-state index in [1.807, 2.05) is 0 Å². The second-order valence-electron chi connectivity index (χ2n) is 0.886. The van der Waals surface area contributed by atoms with E-state index in [-0.39, 0.29) is 51.4 Å². The van der Waals surface area contributed by atoms with Gasteiger partial charge in [0.25, 0.3) is 5.78 Å². The molecule has 0 bridgehead atoms. The van der Waals surface area contributed by atoms with Crippen LogP contribution in [-0.2, 0) is 9.59 Å². The Morgan fingerprint density at radius 3 is 1.75 bits per heavy atom. The standard InChI is InChI=1S/C3H4O4.K/c4-1-2(5)3(6)7;/h4H,1H2,(H,6,7);. The molecule has 2 N–H and O–H groups in total. The van der Waals surface area contributed by atoms with Gasteiger partial charge in [0.15, 0.2) is 0 Å². The van der Waals surface area contributed by atoms with E-state index in [1.54, 1.807) is 0 Å². The van der Waals surface area contributed by atoms with Gasteiger partial charge in [0.05, 0.1) is 0 Å². The molecule has 41 valence electrons. The van der Waals surface area contributed by atoms with E-state index in [4.69, 9.17) is 10.2 Å². The Hall–Kier alpha value is 0.736. The maximum Gasteiger partial charge on any atom is 0.374 e. The first kappa shape index (κ1) is 11.5. The molecule has 5 heteroatoms. The molecule has 0 unspecified atom stereocenters. The van der Waals surface area contributed by atoms with Crippen molar-refractivity contribution in [2.24, 2.45) is 0 Å². The molecule has 0 saturated carbocycles. The van der Waals surface area contributed by atoms with Crippen molar-refractivity contribution in [2.45, 2.75) is 0 Å². The van der Waals surface area contributed by atoms with Crippen molar-refractivity contribution in [3.63, 3.8) is 0 Å². The summed E-state index contributed by atoms with van der Waals surface area (Å²) in [6.07, 6.45) is 0. The largest absolute Gasteiger partial charge is 0.475 e. The number of ketones is 1. The number of hydrogen-bond acceptors (Lipinski definition) is 3. The molecule has 0 atom stereocenters. The van der Waals surface area contributed by atoms with Crippen molar-refractivity contribution in [1.82, 2.24) is 0 Å². The van der Waals surface area contributed by atoms with Crippen molar-refractivity contribution in [1.29, 1.82) is 0 Å². The predicted molar refractivity (Wildman–Crippen MR) is 25.5 cm³/mol. The summed E-state index contributed by atoms with van der Waals surface area (Å²) in [6.45, 7) is -0.921. The number of carboxylic acid groups (broad SMARTS) is 1. The number of aliphatic carboxylic acids is 1. The minimum absolute atomic E-state index is 0. The number of aliphatic hydroxyl groups is 1. The zero-order valence-corrected chi connectivity index (χ0v) is 7.54. The van der Waals surface area contributed by atoms with Crippen LogP contribution in [0, 0.1) is 0 Å². The van der Waals surface area contributed by atoms with E-state index in [0.29, 0.717) is 0 Å². The maximum atomic E-state index is 9.66. The van der Waals surface area contributed by atoms with Crippen LogP contribution in [0.4, 0.5) is 0 Å². The normalized spacial score (nSPS) is 7.12. The predicted octanol–water partition coefficient (Wildman–Crippen LogP) is -1.75. The van der Waals surface area contributed by atoms with Crippen LogP contribution in [-0.4, -0.2) is 80.0 Å². The fourth-order valence-corrected chi connectivity index (χ4v) is 0.0676. The molecule has 8 heavy (non-hydrogen) atoms. The van der Waals surface area contributed by atoms with Gasteiger partial charge < -0.3 is 10.2 Å². The minimum atomic E-state index is -1.59. The summed E-state index contributed by atoms with van der Waals surface area (Å²) in [7, 11) is 0. The second kappa shape index (κ2) is 5.87. The first-order valence-electron chi connectivity index (χ1n) is 1.55. The molecule has 0 fully saturated rings. The SMILES string of the molecule is O=C(O)C(=O)CO.[K]. The van der Waals surface area contributed by atoms with Gasteiger partial charge in [-0.3, -0.25) is 4.79 Å². The van der Waals surface area contributed by atoms with Crippen LogP contribution in [0.15, 0.2) is 0 Å². The fourth-order valence-electron chi connectivity index (χ4n) is 0.0676. The van der Waals surface area contributed by atoms with E-state index in [9.17, 15) is 9.59 Å². The first-order valence-corrected chi connectivity index (χ1v) is 1.55. The molecule has 0 aromatic carbocycles. The molecular weight excluding hydrogens is 139 g/mol. The Balaban J connectivity index is 0. The van der Waals surface area contributed by atoms with Gasteiger partial charge in [-0.2, -0.15) is 0 Å². The monoisotopic (exact) mass is 143 g/mol. The van der Waals surface area contributed by atoms with Crippen molar-refractivity contribution in [3.05, 3.63) is 0 Å². The Bertz CT molecular complexity index is 99.5. The third-order valence-electron chi connectivity index (χ3n) is 0.382.